The first-order chi connectivity index (χ1) is 9.66. The average Bonchev–Trinajstić information content (AvgIpc) is 2.46. The highest BCUT2D eigenvalue weighted by Crippen LogP contribution is 2.32. The van der Waals surface area contributed by atoms with Gasteiger partial charge in [0.15, 0.2) is 0 Å². The maximum absolute atomic E-state index is 11.5. The molecule has 0 amide bonds. The van der Waals surface area contributed by atoms with Crippen LogP contribution in [0.4, 0.5) is 5.69 Å². The van der Waals surface area contributed by atoms with Crippen molar-refractivity contribution in [1.29, 1.82) is 0 Å². The maximum Gasteiger partial charge on any atom is 0.339 e. The number of fused-ring (bicyclic) bond motifs is 1. The van der Waals surface area contributed by atoms with E-state index >= 15 is 0 Å². The second kappa shape index (κ2) is 5.26. The summed E-state index contributed by atoms with van der Waals surface area (Å²) in [6, 6.07) is 5.31. The summed E-state index contributed by atoms with van der Waals surface area (Å²) in [5.74, 6) is -0.985. The van der Waals surface area contributed by atoms with E-state index in [1.165, 1.54) is 6.20 Å². The minimum absolute atomic E-state index is 0.196. The summed E-state index contributed by atoms with van der Waals surface area (Å²) in [7, 11) is 0. The van der Waals surface area contributed by atoms with Gasteiger partial charge in [0.2, 0.25) is 0 Å². The van der Waals surface area contributed by atoms with Gasteiger partial charge in [0.05, 0.1) is 24.4 Å². The molecule has 5 nitrogen and oxygen atoms in total. The molecule has 1 aliphatic heterocycles. The van der Waals surface area contributed by atoms with Crippen molar-refractivity contribution in [2.75, 3.05) is 31.2 Å². The van der Waals surface area contributed by atoms with Gasteiger partial charge in [0, 0.05) is 29.7 Å². The Hall–Kier alpha value is -1.85. The van der Waals surface area contributed by atoms with E-state index in [4.69, 9.17) is 16.3 Å². The van der Waals surface area contributed by atoms with Crippen LogP contribution < -0.4 is 4.90 Å². The Labute approximate surface area is 120 Å². The summed E-state index contributed by atoms with van der Waals surface area (Å²) in [5.41, 5.74) is 1.61. The van der Waals surface area contributed by atoms with Crippen LogP contribution in [0.5, 0.6) is 0 Å². The summed E-state index contributed by atoms with van der Waals surface area (Å²) in [6.45, 7) is 2.49. The molecule has 20 heavy (non-hydrogen) atoms. The van der Waals surface area contributed by atoms with E-state index in [-0.39, 0.29) is 5.56 Å². The Morgan fingerprint density at radius 2 is 2.10 bits per heavy atom. The number of aromatic nitrogens is 1. The van der Waals surface area contributed by atoms with Gasteiger partial charge in [0.25, 0.3) is 0 Å². The number of ether oxygens (including phenoxy) is 1. The highest BCUT2D eigenvalue weighted by atomic mass is 35.5. The Bertz CT molecular complexity index is 669. The second-order valence-electron chi connectivity index (χ2n) is 4.59. The molecule has 3 rings (SSSR count). The van der Waals surface area contributed by atoms with Crippen molar-refractivity contribution in [2.45, 2.75) is 0 Å². The molecule has 1 aliphatic rings. The molecular weight excluding hydrogens is 280 g/mol. The number of nitrogens with zero attached hydrogens (tertiary/aromatic N) is 2. The minimum Gasteiger partial charge on any atom is -0.478 e. The van der Waals surface area contributed by atoms with Crippen LogP contribution in [0.2, 0.25) is 5.02 Å². The molecule has 0 aliphatic carbocycles. The quantitative estimate of drug-likeness (QED) is 0.921. The van der Waals surface area contributed by atoms with Crippen LogP contribution in [0.3, 0.4) is 0 Å². The zero-order valence-electron chi connectivity index (χ0n) is 10.7. The van der Waals surface area contributed by atoms with Crippen molar-refractivity contribution < 1.29 is 14.6 Å². The predicted molar refractivity (Wildman–Crippen MR) is 76.7 cm³/mol. The van der Waals surface area contributed by atoms with Gasteiger partial charge in [0.1, 0.15) is 5.56 Å². The van der Waals surface area contributed by atoms with Gasteiger partial charge in [-0.05, 0) is 18.2 Å². The number of carboxylic acid groups (broad SMARTS) is 1. The fourth-order valence-electron chi connectivity index (χ4n) is 2.43. The van der Waals surface area contributed by atoms with Crippen molar-refractivity contribution in [3.63, 3.8) is 0 Å². The highest BCUT2D eigenvalue weighted by molar-refractivity contribution is 6.31. The van der Waals surface area contributed by atoms with Gasteiger partial charge in [-0.1, -0.05) is 11.6 Å². The molecule has 0 unspecified atom stereocenters. The van der Waals surface area contributed by atoms with Crippen LogP contribution in [-0.2, 0) is 4.74 Å². The van der Waals surface area contributed by atoms with E-state index in [2.05, 4.69) is 4.98 Å². The Balaban J connectivity index is 2.25. The molecule has 0 atom stereocenters. The summed E-state index contributed by atoms with van der Waals surface area (Å²) >= 11 is 6.04. The number of pyridine rings is 1. The normalized spacial score (nSPS) is 15.6. The summed E-state index contributed by atoms with van der Waals surface area (Å²) in [6.07, 6.45) is 1.41. The number of halogens is 1. The molecular formula is C14H13ClN2O3. The number of hydrogen-bond donors (Lipinski definition) is 1. The van der Waals surface area contributed by atoms with Crippen molar-refractivity contribution in [2.24, 2.45) is 0 Å². The first-order valence-corrected chi connectivity index (χ1v) is 6.69. The fourth-order valence-corrected chi connectivity index (χ4v) is 2.61. The monoisotopic (exact) mass is 292 g/mol. The zero-order valence-corrected chi connectivity index (χ0v) is 11.4. The molecule has 1 N–H and O–H groups in total. The van der Waals surface area contributed by atoms with Crippen molar-refractivity contribution in [1.82, 2.24) is 4.98 Å². The van der Waals surface area contributed by atoms with Gasteiger partial charge in [-0.3, -0.25) is 4.98 Å². The van der Waals surface area contributed by atoms with Gasteiger partial charge < -0.3 is 14.7 Å². The number of rotatable bonds is 2. The lowest BCUT2D eigenvalue weighted by Gasteiger charge is -2.30. The molecule has 0 radical (unpaired) electrons. The summed E-state index contributed by atoms with van der Waals surface area (Å²) < 4.78 is 5.33. The second-order valence-corrected chi connectivity index (χ2v) is 5.02. The number of aromatic carboxylic acids is 1. The largest absolute Gasteiger partial charge is 0.478 e. The van der Waals surface area contributed by atoms with Gasteiger partial charge >= 0.3 is 5.97 Å². The molecule has 0 spiro atoms. The maximum atomic E-state index is 11.5. The van der Waals surface area contributed by atoms with Gasteiger partial charge in [-0.25, -0.2) is 4.79 Å². The molecule has 2 aromatic rings. The Kier molecular flexibility index (Phi) is 3.46. The number of carboxylic acids is 1. The Morgan fingerprint density at radius 1 is 1.35 bits per heavy atom. The third kappa shape index (κ3) is 2.30. The van der Waals surface area contributed by atoms with Crippen molar-refractivity contribution >= 4 is 34.2 Å². The van der Waals surface area contributed by atoms with Crippen LogP contribution in [0.25, 0.3) is 10.9 Å². The van der Waals surface area contributed by atoms with E-state index in [1.54, 1.807) is 18.2 Å². The molecule has 0 bridgehead atoms. The van der Waals surface area contributed by atoms with Crippen molar-refractivity contribution in [3.8, 4) is 0 Å². The van der Waals surface area contributed by atoms with E-state index in [1.807, 2.05) is 4.90 Å². The van der Waals surface area contributed by atoms with Gasteiger partial charge in [-0.15, -0.1) is 0 Å². The summed E-state index contributed by atoms with van der Waals surface area (Å²) in [4.78, 5) is 17.7. The first-order valence-electron chi connectivity index (χ1n) is 6.31. The topological polar surface area (TPSA) is 62.7 Å². The number of anilines is 1. The van der Waals surface area contributed by atoms with Crippen LogP contribution >= 0.6 is 11.6 Å². The molecule has 1 saturated heterocycles. The van der Waals surface area contributed by atoms with Crippen LogP contribution in [0.1, 0.15) is 10.4 Å². The van der Waals surface area contributed by atoms with Crippen LogP contribution in [-0.4, -0.2) is 42.4 Å². The Morgan fingerprint density at radius 3 is 2.80 bits per heavy atom. The summed E-state index contributed by atoms with van der Waals surface area (Å²) in [5, 5.41) is 10.7. The standard InChI is InChI=1S/C14H13ClN2O3/c15-9-1-2-12-10(7-9)13(11(8-16-12)14(18)19)17-3-5-20-6-4-17/h1-2,7-8H,3-6H2,(H,18,19). The third-order valence-electron chi connectivity index (χ3n) is 3.36. The average molecular weight is 293 g/mol. The van der Waals surface area contributed by atoms with Gasteiger partial charge in [-0.2, -0.15) is 0 Å². The lowest BCUT2D eigenvalue weighted by molar-refractivity contribution is 0.0696. The van der Waals surface area contributed by atoms with Crippen molar-refractivity contribution in [3.05, 3.63) is 35.0 Å². The smallest absolute Gasteiger partial charge is 0.339 e. The SMILES string of the molecule is O=C(O)c1cnc2ccc(Cl)cc2c1N1CCOCC1. The molecule has 104 valence electrons. The first kappa shape index (κ1) is 13.1. The van der Waals surface area contributed by atoms with E-state index in [0.717, 1.165) is 10.9 Å². The predicted octanol–water partition coefficient (Wildman–Crippen LogP) is 2.42. The zero-order chi connectivity index (χ0) is 14.1. The number of hydrogen-bond acceptors (Lipinski definition) is 4. The molecule has 1 aromatic heterocycles. The van der Waals surface area contributed by atoms with Crippen LogP contribution in [0, 0.1) is 0 Å². The molecule has 1 fully saturated rings. The minimum atomic E-state index is -0.985. The van der Waals surface area contributed by atoms with Crippen LogP contribution in [0.15, 0.2) is 24.4 Å². The lowest BCUT2D eigenvalue weighted by atomic mass is 10.1. The molecule has 0 saturated carbocycles. The molecule has 6 heteroatoms. The van der Waals surface area contributed by atoms with E-state index < -0.39 is 5.97 Å². The molecule has 2 heterocycles. The molecule has 1 aromatic carbocycles. The highest BCUT2D eigenvalue weighted by Gasteiger charge is 2.21. The lowest BCUT2D eigenvalue weighted by Crippen LogP contribution is -2.37. The number of morpholine rings is 1. The van der Waals surface area contributed by atoms with E-state index in [0.29, 0.717) is 37.0 Å². The number of benzene rings is 1. The third-order valence-corrected chi connectivity index (χ3v) is 3.59. The fraction of sp³-hybridized carbons (Fsp3) is 0.286. The number of carbonyl (C=O) groups is 1. The van der Waals surface area contributed by atoms with E-state index in [9.17, 15) is 9.90 Å².